The quantitative estimate of drug-likeness (QED) is 0.561. The molecule has 0 amide bonds. The SMILES string of the molecule is COc1ccc(CCNC(=NCc2nnc(C)n2C)NC2CCOC2)cc1. The zero-order chi connectivity index (χ0) is 19.1. The average molecular weight is 372 g/mol. The Hall–Kier alpha value is -2.61. The maximum absolute atomic E-state index is 5.46. The lowest BCUT2D eigenvalue weighted by Crippen LogP contribution is -2.44. The van der Waals surface area contributed by atoms with Crippen molar-refractivity contribution in [3.63, 3.8) is 0 Å². The van der Waals surface area contributed by atoms with E-state index >= 15 is 0 Å². The lowest BCUT2D eigenvalue weighted by atomic mass is 10.1. The van der Waals surface area contributed by atoms with Crippen molar-refractivity contribution >= 4 is 5.96 Å². The maximum atomic E-state index is 5.46. The fourth-order valence-electron chi connectivity index (χ4n) is 2.85. The monoisotopic (exact) mass is 372 g/mol. The molecule has 0 radical (unpaired) electrons. The van der Waals surface area contributed by atoms with Gasteiger partial charge < -0.3 is 24.7 Å². The molecule has 3 rings (SSSR count). The Morgan fingerprint density at radius 1 is 1.33 bits per heavy atom. The molecule has 1 aliphatic heterocycles. The third-order valence-electron chi connectivity index (χ3n) is 4.70. The Balaban J connectivity index is 1.58. The second kappa shape index (κ2) is 9.36. The van der Waals surface area contributed by atoms with E-state index in [2.05, 4.69) is 38.0 Å². The smallest absolute Gasteiger partial charge is 0.192 e. The summed E-state index contributed by atoms with van der Waals surface area (Å²) >= 11 is 0. The summed E-state index contributed by atoms with van der Waals surface area (Å²) < 4.78 is 12.6. The highest BCUT2D eigenvalue weighted by atomic mass is 16.5. The molecule has 1 atom stereocenters. The van der Waals surface area contributed by atoms with E-state index in [1.54, 1.807) is 7.11 Å². The molecule has 2 aromatic rings. The Labute approximate surface area is 160 Å². The van der Waals surface area contributed by atoms with Crippen molar-refractivity contribution in [1.29, 1.82) is 0 Å². The van der Waals surface area contributed by atoms with E-state index in [-0.39, 0.29) is 0 Å². The van der Waals surface area contributed by atoms with Gasteiger partial charge in [0.1, 0.15) is 18.1 Å². The van der Waals surface area contributed by atoms with E-state index in [9.17, 15) is 0 Å². The average Bonchev–Trinajstić information content (AvgIpc) is 3.31. The minimum absolute atomic E-state index is 0.290. The van der Waals surface area contributed by atoms with Gasteiger partial charge in [-0.2, -0.15) is 0 Å². The zero-order valence-corrected chi connectivity index (χ0v) is 16.2. The first-order chi connectivity index (χ1) is 13.2. The lowest BCUT2D eigenvalue weighted by Gasteiger charge is -2.16. The number of aliphatic imine (C=N–C) groups is 1. The van der Waals surface area contributed by atoms with Crippen molar-refractivity contribution in [3.8, 4) is 5.75 Å². The van der Waals surface area contributed by atoms with E-state index < -0.39 is 0 Å². The Kier molecular flexibility index (Phi) is 6.64. The highest BCUT2D eigenvalue weighted by Gasteiger charge is 2.17. The number of nitrogens with zero attached hydrogens (tertiary/aromatic N) is 4. The number of ether oxygens (including phenoxy) is 2. The van der Waals surface area contributed by atoms with Crippen molar-refractivity contribution < 1.29 is 9.47 Å². The highest BCUT2D eigenvalue weighted by Crippen LogP contribution is 2.11. The van der Waals surface area contributed by atoms with Gasteiger partial charge in [0.15, 0.2) is 11.8 Å². The van der Waals surface area contributed by atoms with Gasteiger partial charge in [0.25, 0.3) is 0 Å². The summed E-state index contributed by atoms with van der Waals surface area (Å²) in [5, 5.41) is 15.1. The molecular formula is C19H28N6O2. The van der Waals surface area contributed by atoms with Gasteiger partial charge in [0.05, 0.1) is 19.8 Å². The van der Waals surface area contributed by atoms with Crippen LogP contribution in [0.3, 0.4) is 0 Å². The van der Waals surface area contributed by atoms with E-state index in [0.29, 0.717) is 19.2 Å². The standard InChI is InChI=1S/C19H28N6O2/c1-14-23-24-18(25(14)2)12-21-19(22-16-9-11-27-13-16)20-10-8-15-4-6-17(26-3)7-5-15/h4-7,16H,8-13H2,1-3H3,(H2,20,21,22). The number of hydrogen-bond donors (Lipinski definition) is 2. The molecular weight excluding hydrogens is 344 g/mol. The minimum Gasteiger partial charge on any atom is -0.497 e. The topological polar surface area (TPSA) is 85.6 Å². The number of hydrogen-bond acceptors (Lipinski definition) is 5. The van der Waals surface area contributed by atoms with Crippen molar-refractivity contribution in [3.05, 3.63) is 41.5 Å². The second-order valence-electron chi connectivity index (χ2n) is 6.62. The van der Waals surface area contributed by atoms with Crippen LogP contribution < -0.4 is 15.4 Å². The molecule has 0 bridgehead atoms. The van der Waals surface area contributed by atoms with Crippen LogP contribution in [0.2, 0.25) is 0 Å². The number of methoxy groups -OCH3 is 1. The van der Waals surface area contributed by atoms with Crippen LogP contribution in [0.1, 0.15) is 23.6 Å². The van der Waals surface area contributed by atoms with Crippen LogP contribution in [0.15, 0.2) is 29.3 Å². The predicted molar refractivity (Wildman–Crippen MR) is 104 cm³/mol. The van der Waals surface area contributed by atoms with Crippen LogP contribution in [0, 0.1) is 6.92 Å². The van der Waals surface area contributed by atoms with Crippen LogP contribution in [-0.4, -0.2) is 53.6 Å². The first-order valence-corrected chi connectivity index (χ1v) is 9.26. The number of aromatic nitrogens is 3. The Morgan fingerprint density at radius 2 is 2.15 bits per heavy atom. The van der Waals surface area contributed by atoms with E-state index in [4.69, 9.17) is 9.47 Å². The van der Waals surface area contributed by atoms with Crippen LogP contribution in [-0.2, 0) is 24.8 Å². The molecule has 1 fully saturated rings. The molecule has 1 saturated heterocycles. The summed E-state index contributed by atoms with van der Waals surface area (Å²) in [4.78, 5) is 4.69. The van der Waals surface area contributed by atoms with Crippen LogP contribution in [0.25, 0.3) is 0 Å². The fourth-order valence-corrected chi connectivity index (χ4v) is 2.85. The van der Waals surface area contributed by atoms with Crippen molar-refractivity contribution in [2.24, 2.45) is 12.0 Å². The Morgan fingerprint density at radius 3 is 2.78 bits per heavy atom. The summed E-state index contributed by atoms with van der Waals surface area (Å²) in [6.07, 6.45) is 1.89. The molecule has 8 heteroatoms. The number of benzene rings is 1. The highest BCUT2D eigenvalue weighted by molar-refractivity contribution is 5.80. The molecule has 0 spiro atoms. The van der Waals surface area contributed by atoms with Crippen LogP contribution in [0.5, 0.6) is 5.75 Å². The second-order valence-corrected chi connectivity index (χ2v) is 6.62. The normalized spacial score (nSPS) is 17.1. The maximum Gasteiger partial charge on any atom is 0.192 e. The Bertz CT molecular complexity index is 750. The van der Waals surface area contributed by atoms with Crippen molar-refractivity contribution in [1.82, 2.24) is 25.4 Å². The van der Waals surface area contributed by atoms with Crippen molar-refractivity contribution in [2.45, 2.75) is 32.4 Å². The summed E-state index contributed by atoms with van der Waals surface area (Å²) in [5.74, 6) is 3.37. The lowest BCUT2D eigenvalue weighted by molar-refractivity contribution is 0.192. The van der Waals surface area contributed by atoms with Crippen molar-refractivity contribution in [2.75, 3.05) is 26.9 Å². The fraction of sp³-hybridized carbons (Fsp3) is 0.526. The zero-order valence-electron chi connectivity index (χ0n) is 16.2. The van der Waals surface area contributed by atoms with Gasteiger partial charge in [0, 0.05) is 20.2 Å². The number of rotatable bonds is 7. The molecule has 1 aromatic carbocycles. The van der Waals surface area contributed by atoms with Gasteiger partial charge in [-0.05, 0) is 37.5 Å². The third kappa shape index (κ3) is 5.43. The van der Waals surface area contributed by atoms with Gasteiger partial charge in [-0.3, -0.25) is 0 Å². The molecule has 2 N–H and O–H groups in total. The molecule has 1 unspecified atom stereocenters. The number of nitrogens with one attached hydrogen (secondary N) is 2. The predicted octanol–water partition coefficient (Wildman–Crippen LogP) is 1.20. The van der Waals surface area contributed by atoms with Crippen LogP contribution in [0.4, 0.5) is 0 Å². The molecule has 27 heavy (non-hydrogen) atoms. The van der Waals surface area contributed by atoms with E-state index in [1.807, 2.05) is 30.7 Å². The van der Waals surface area contributed by atoms with Gasteiger partial charge in [-0.25, -0.2) is 4.99 Å². The molecule has 146 valence electrons. The third-order valence-corrected chi connectivity index (χ3v) is 4.70. The van der Waals surface area contributed by atoms with E-state index in [0.717, 1.165) is 49.4 Å². The first-order valence-electron chi connectivity index (χ1n) is 9.26. The van der Waals surface area contributed by atoms with Crippen LogP contribution >= 0.6 is 0 Å². The molecule has 2 heterocycles. The summed E-state index contributed by atoms with van der Waals surface area (Å²) in [6, 6.07) is 8.41. The van der Waals surface area contributed by atoms with Gasteiger partial charge in [0.2, 0.25) is 0 Å². The van der Waals surface area contributed by atoms with E-state index in [1.165, 1.54) is 5.56 Å². The summed E-state index contributed by atoms with van der Waals surface area (Å²) in [5.41, 5.74) is 1.25. The molecule has 1 aromatic heterocycles. The molecule has 0 saturated carbocycles. The minimum atomic E-state index is 0.290. The largest absolute Gasteiger partial charge is 0.497 e. The van der Waals surface area contributed by atoms with Gasteiger partial charge >= 0.3 is 0 Å². The molecule has 0 aliphatic carbocycles. The summed E-state index contributed by atoms with van der Waals surface area (Å²) in [6.45, 7) is 4.69. The molecule has 8 nitrogen and oxygen atoms in total. The van der Waals surface area contributed by atoms with Gasteiger partial charge in [-0.1, -0.05) is 12.1 Å². The summed E-state index contributed by atoms with van der Waals surface area (Å²) in [7, 11) is 3.63. The first kappa shape index (κ1) is 19.2. The number of aryl methyl sites for hydroxylation is 1. The number of guanidine groups is 1. The molecule has 1 aliphatic rings. The van der Waals surface area contributed by atoms with Gasteiger partial charge in [-0.15, -0.1) is 10.2 Å².